The summed E-state index contributed by atoms with van der Waals surface area (Å²) < 4.78 is 63.6. The Kier molecular flexibility index (Phi) is 16.4. The second-order valence-corrected chi connectivity index (χ2v) is 24.6. The van der Waals surface area contributed by atoms with Crippen LogP contribution < -0.4 is 14.2 Å². The largest absolute Gasteiger partial charge is 0.485 e. The summed E-state index contributed by atoms with van der Waals surface area (Å²) in [5, 5.41) is 24.3. The third-order valence-electron chi connectivity index (χ3n) is 17.3. The molecule has 0 saturated carbocycles. The first-order chi connectivity index (χ1) is 44.3. The Morgan fingerprint density at radius 3 is 1.32 bits per heavy atom. The molecule has 462 valence electrons. The molecule has 6 aromatic heterocycles. The lowest BCUT2D eigenvalue weighted by Crippen LogP contribution is -2.40. The summed E-state index contributed by atoms with van der Waals surface area (Å²) in [6.07, 6.45) is 21.8. The first-order valence-corrected chi connectivity index (χ1v) is 31.2. The molecule has 23 nitrogen and oxygen atoms in total. The molecule has 6 fully saturated rings. The van der Waals surface area contributed by atoms with Crippen molar-refractivity contribution in [1.82, 2.24) is 84.6 Å². The van der Waals surface area contributed by atoms with Gasteiger partial charge < -0.3 is 28.9 Å². The minimum Gasteiger partial charge on any atom is -0.485 e. The van der Waals surface area contributed by atoms with Gasteiger partial charge >= 0.3 is 6.01 Å². The third kappa shape index (κ3) is 11.6. The van der Waals surface area contributed by atoms with Gasteiger partial charge in [-0.05, 0) is 125 Å². The molecule has 91 heavy (non-hydrogen) atoms. The molecular weight excluding hydrogens is 1330 g/mol. The third-order valence-corrected chi connectivity index (χ3v) is 18.4. The van der Waals surface area contributed by atoms with Crippen molar-refractivity contribution in [2.75, 3.05) is 0 Å². The topological polar surface area (TPSA) is 245 Å². The van der Waals surface area contributed by atoms with Crippen LogP contribution in [0, 0.1) is 17.5 Å². The maximum atomic E-state index is 14.7. The number of pyridine rings is 1. The van der Waals surface area contributed by atoms with E-state index in [4.69, 9.17) is 25.8 Å². The highest BCUT2D eigenvalue weighted by molar-refractivity contribution is 9.10. The van der Waals surface area contributed by atoms with Crippen LogP contribution in [0.3, 0.4) is 0 Å². The van der Waals surface area contributed by atoms with E-state index >= 15 is 0 Å². The van der Waals surface area contributed by atoms with Crippen molar-refractivity contribution in [3.63, 3.8) is 0 Å². The molecule has 0 radical (unpaired) electrons. The maximum absolute atomic E-state index is 14.7. The van der Waals surface area contributed by atoms with E-state index in [-0.39, 0.29) is 117 Å². The summed E-state index contributed by atoms with van der Waals surface area (Å²) in [6, 6.07) is 22.7. The molecule has 9 atom stereocenters. The number of rotatable bonds is 12. The maximum Gasteiger partial charge on any atom is 0.316 e. The Labute approximate surface area is 537 Å². The Hall–Kier alpha value is -9.28. The number of aromatic nitrogens is 14. The van der Waals surface area contributed by atoms with Crippen molar-refractivity contribution in [3.05, 3.63) is 195 Å². The van der Waals surface area contributed by atoms with Gasteiger partial charge in [0, 0.05) is 60.5 Å². The van der Waals surface area contributed by atoms with Crippen LogP contribution in [-0.2, 0) is 0 Å². The molecule has 9 unspecified atom stereocenters. The Morgan fingerprint density at radius 2 is 0.868 bits per heavy atom. The van der Waals surface area contributed by atoms with Crippen LogP contribution in [0.15, 0.2) is 156 Å². The molecule has 3 amide bonds. The van der Waals surface area contributed by atoms with Crippen molar-refractivity contribution < 1.29 is 41.8 Å². The van der Waals surface area contributed by atoms with Crippen LogP contribution in [0.5, 0.6) is 17.6 Å². The van der Waals surface area contributed by atoms with E-state index in [9.17, 15) is 27.6 Å². The number of halogens is 6. The highest BCUT2D eigenvalue weighted by Crippen LogP contribution is 2.45. The van der Waals surface area contributed by atoms with E-state index < -0.39 is 17.5 Å². The van der Waals surface area contributed by atoms with Gasteiger partial charge in [-0.15, -0.1) is 14.4 Å². The van der Waals surface area contributed by atoms with Crippen molar-refractivity contribution in [1.29, 1.82) is 0 Å². The number of amides is 3. The number of hydrogen-bond acceptors (Lipinski definition) is 17. The lowest BCUT2D eigenvalue weighted by Gasteiger charge is -2.26. The van der Waals surface area contributed by atoms with Crippen molar-refractivity contribution in [2.24, 2.45) is 0 Å². The normalized spacial score (nSPS) is 22.4. The van der Waals surface area contributed by atoms with Gasteiger partial charge in [0.05, 0.1) is 93.7 Å². The number of hydrogen-bond donors (Lipinski definition) is 0. The van der Waals surface area contributed by atoms with E-state index in [1.54, 1.807) is 49.1 Å². The molecule has 10 aromatic rings. The number of benzene rings is 4. The fraction of sp³-hybridized carbons (Fsp3) is 0.290. The monoisotopic (exact) mass is 1380 g/mol. The van der Waals surface area contributed by atoms with E-state index in [2.05, 4.69) is 87.4 Å². The van der Waals surface area contributed by atoms with E-state index in [1.165, 1.54) is 73.6 Å². The van der Waals surface area contributed by atoms with Crippen LogP contribution in [0.1, 0.15) is 88.9 Å². The van der Waals surface area contributed by atoms with Gasteiger partial charge in [0.2, 0.25) is 5.88 Å². The van der Waals surface area contributed by atoms with Crippen LogP contribution in [0.25, 0.3) is 28.1 Å². The summed E-state index contributed by atoms with van der Waals surface area (Å²) in [5.41, 5.74) is 2.44. The average Bonchev–Trinajstić information content (AvgIpc) is 1.65. The van der Waals surface area contributed by atoms with E-state index in [0.29, 0.717) is 30.9 Å². The number of nitrogens with zero attached hydrogens (tertiary/aromatic N) is 17. The molecule has 16 rings (SSSR count). The molecule has 6 aliphatic heterocycles. The smallest absolute Gasteiger partial charge is 0.316 e. The number of fused-ring (bicyclic) bond motifs is 7. The Bertz CT molecular complexity index is 4340. The summed E-state index contributed by atoms with van der Waals surface area (Å²) in [6.45, 7) is 0. The second-order valence-electron chi connectivity index (χ2n) is 22.4. The molecular formula is C62H51Br2ClF3N17O6. The lowest BCUT2D eigenvalue weighted by atomic mass is 9.98. The predicted molar refractivity (Wildman–Crippen MR) is 326 cm³/mol. The molecule has 0 aliphatic carbocycles. The molecule has 4 aromatic carbocycles. The average molecular weight is 1380 g/mol. The minimum atomic E-state index is -0.552. The fourth-order valence-corrected chi connectivity index (χ4v) is 14.2. The number of carbonyl (C=O) groups excluding carboxylic acids is 3. The number of para-hydroxylation sites is 5. The molecule has 0 spiro atoms. The Balaban J connectivity index is 0.000000119. The predicted octanol–water partition coefficient (Wildman–Crippen LogP) is 10.00. The van der Waals surface area contributed by atoms with Gasteiger partial charge in [-0.2, -0.15) is 30.6 Å². The van der Waals surface area contributed by atoms with Crippen LogP contribution >= 0.6 is 43.5 Å². The zero-order valence-corrected chi connectivity index (χ0v) is 51.7. The summed E-state index contributed by atoms with van der Waals surface area (Å²) in [4.78, 5) is 70.7. The van der Waals surface area contributed by atoms with Gasteiger partial charge in [-0.25, -0.2) is 38.1 Å². The summed E-state index contributed by atoms with van der Waals surface area (Å²) in [5.74, 6) is -1.45. The highest BCUT2D eigenvalue weighted by Gasteiger charge is 2.53. The molecule has 6 bridgehead atoms. The minimum absolute atomic E-state index is 0.0214. The van der Waals surface area contributed by atoms with E-state index in [0.717, 1.165) is 72.9 Å². The van der Waals surface area contributed by atoms with Crippen molar-refractivity contribution in [3.8, 4) is 34.7 Å². The van der Waals surface area contributed by atoms with E-state index in [1.807, 2.05) is 39.0 Å². The highest BCUT2D eigenvalue weighted by atomic mass is 79.9. The molecule has 0 N–H and O–H groups in total. The number of ether oxygens (including phenoxy) is 3. The number of carbonyl (C=O) groups is 3. The molecule has 29 heteroatoms. The fourth-order valence-electron chi connectivity index (χ4n) is 13.5. The van der Waals surface area contributed by atoms with Gasteiger partial charge in [0.15, 0.2) is 28.4 Å². The molecule has 12 heterocycles. The second kappa shape index (κ2) is 25.2. The van der Waals surface area contributed by atoms with Gasteiger partial charge in [-0.3, -0.25) is 14.4 Å². The Morgan fingerprint density at radius 1 is 0.462 bits per heavy atom. The molecule has 6 aliphatic rings. The van der Waals surface area contributed by atoms with Crippen molar-refractivity contribution >= 4 is 72.2 Å². The van der Waals surface area contributed by atoms with Crippen molar-refractivity contribution in [2.45, 2.75) is 112 Å². The molecule has 6 saturated heterocycles. The van der Waals surface area contributed by atoms with Crippen LogP contribution in [0.4, 0.5) is 13.2 Å². The lowest BCUT2D eigenvalue weighted by molar-refractivity contribution is 0.0673. The first kappa shape index (κ1) is 59.3. The van der Waals surface area contributed by atoms with Gasteiger partial charge in [0.25, 0.3) is 17.7 Å². The zero-order chi connectivity index (χ0) is 62.4. The van der Waals surface area contributed by atoms with Gasteiger partial charge in [0.1, 0.15) is 35.4 Å². The van der Waals surface area contributed by atoms with Gasteiger partial charge in [-0.1, -0.05) is 41.9 Å². The summed E-state index contributed by atoms with van der Waals surface area (Å²) >= 11 is 12.8. The SMILES string of the molecule is O=C(c1cccc(F)c1-n1nccn1)N1C2CCC1C(Oc1cc(Br)cnc1Cl)C2.O=C(c1cccc(F)c1-n1nccn1)N1C2CCC1C(Oc1cnc3ccccc3n1)C2.O=C(c1cccc(F)c1-n1nccn1)N1C2CCC1C(Oc1ncc(Br)cn1)C2. The quantitative estimate of drug-likeness (QED) is 0.103. The first-order valence-electron chi connectivity index (χ1n) is 29.3. The standard InChI is InChI=1S/C23H19FN6O2.C20H16BrClFN5O2.C19H16BrFN6O2/c24-16-5-3-4-15(22(16)30-26-10-11-27-30)23(31)29-14-8-9-19(29)20(12-14)32-21-13-25-17-6-1-2-7-18(17)28-21;21-11-8-17(19(22)24-10-11)30-16-9-12-4-5-15(16)27(12)20(29)13-2-1-3-14(23)18(13)28-25-6-7-26-28;20-11-9-22-19(23-10-11)29-16-8-12-4-5-15(16)26(12)18(28)13-2-1-3-14(21)17(13)27-24-6-7-25-27/h1-7,10-11,13-14,19-20H,8-9,12H2;1-3,6-8,10,12,15-16H,4-5,9H2;1-3,6-7,9-10,12,15-16H,4-5,8H2. The van der Waals surface area contributed by atoms with Crippen LogP contribution in [0.2, 0.25) is 5.15 Å². The van der Waals surface area contributed by atoms with Crippen LogP contribution in [-0.4, -0.2) is 157 Å². The summed E-state index contributed by atoms with van der Waals surface area (Å²) in [7, 11) is 0. The zero-order valence-electron chi connectivity index (χ0n) is 47.7.